The zero-order chi connectivity index (χ0) is 6.73. The molecule has 0 aliphatic heterocycles. The minimum absolute atomic E-state index is 0.268. The quantitative estimate of drug-likeness (QED) is 0.429. The second-order valence-electron chi connectivity index (χ2n) is 1.71. The molecular formula is C4H10N2OS. The maximum Gasteiger partial charge on any atom is 0.231 e. The van der Waals surface area contributed by atoms with Crippen LogP contribution in [0.1, 0.15) is 6.92 Å². The number of rotatable bonds is 2. The highest BCUT2D eigenvalue weighted by Crippen LogP contribution is 1.96. The number of hydrogen-bond acceptors (Lipinski definition) is 3. The Labute approximate surface area is 53.8 Å². The molecule has 0 aliphatic carbocycles. The summed E-state index contributed by atoms with van der Waals surface area (Å²) in [6.07, 6.45) is 0. The van der Waals surface area contributed by atoms with E-state index in [4.69, 9.17) is 11.5 Å². The predicted molar refractivity (Wildman–Crippen MR) is 35.6 cm³/mol. The average molecular weight is 134 g/mol. The molecule has 0 saturated carbocycles. The third-order valence-electron chi connectivity index (χ3n) is 0.790. The van der Waals surface area contributed by atoms with Crippen molar-refractivity contribution < 1.29 is 4.79 Å². The minimum atomic E-state index is -0.519. The van der Waals surface area contributed by atoms with E-state index in [9.17, 15) is 4.79 Å². The normalized spacial score (nSPS) is 17.4. The first-order valence-corrected chi connectivity index (χ1v) is 2.80. The van der Waals surface area contributed by atoms with Gasteiger partial charge in [-0.3, -0.25) is 4.79 Å². The maximum absolute atomic E-state index is 10.2. The Balaban J connectivity index is 3.64. The van der Waals surface area contributed by atoms with Crippen LogP contribution in [0.25, 0.3) is 0 Å². The first kappa shape index (κ1) is 7.78. The SMILES string of the molecule is C[C@@H](N)[C@H](S)C(N)=O. The van der Waals surface area contributed by atoms with Crippen LogP contribution in [0.5, 0.6) is 0 Å². The summed E-state index contributed by atoms with van der Waals surface area (Å²) in [5.41, 5.74) is 10.1. The molecule has 2 atom stereocenters. The van der Waals surface area contributed by atoms with Gasteiger partial charge in [-0.25, -0.2) is 0 Å². The second-order valence-corrected chi connectivity index (χ2v) is 2.26. The monoisotopic (exact) mass is 134 g/mol. The van der Waals surface area contributed by atoms with Crippen molar-refractivity contribution >= 4 is 18.5 Å². The van der Waals surface area contributed by atoms with Crippen LogP contribution in [-0.2, 0) is 4.79 Å². The van der Waals surface area contributed by atoms with Crippen LogP contribution < -0.4 is 11.5 Å². The van der Waals surface area contributed by atoms with Gasteiger partial charge in [0.25, 0.3) is 0 Å². The van der Waals surface area contributed by atoms with Gasteiger partial charge in [0.05, 0.1) is 5.25 Å². The molecule has 0 radical (unpaired) electrons. The average Bonchev–Trinajstić information content (AvgIpc) is 1.64. The highest BCUT2D eigenvalue weighted by molar-refractivity contribution is 7.81. The zero-order valence-electron chi connectivity index (χ0n) is 4.66. The van der Waals surface area contributed by atoms with Gasteiger partial charge in [-0.15, -0.1) is 0 Å². The molecule has 3 nitrogen and oxygen atoms in total. The number of amides is 1. The molecule has 0 rings (SSSR count). The van der Waals surface area contributed by atoms with E-state index < -0.39 is 11.2 Å². The summed E-state index contributed by atoms with van der Waals surface area (Å²) in [5, 5.41) is -0.519. The van der Waals surface area contributed by atoms with Gasteiger partial charge in [0, 0.05) is 6.04 Å². The molecule has 0 saturated heterocycles. The summed E-state index contributed by atoms with van der Waals surface area (Å²) >= 11 is 3.82. The molecule has 0 aliphatic rings. The van der Waals surface area contributed by atoms with Crippen molar-refractivity contribution in [1.29, 1.82) is 0 Å². The smallest absolute Gasteiger partial charge is 0.231 e. The van der Waals surface area contributed by atoms with Crippen molar-refractivity contribution in [3.63, 3.8) is 0 Å². The summed E-state index contributed by atoms with van der Waals surface area (Å²) in [5.74, 6) is -0.469. The van der Waals surface area contributed by atoms with Gasteiger partial charge in [-0.2, -0.15) is 12.6 Å². The molecule has 0 unspecified atom stereocenters. The Bertz CT molecular complexity index is 94.0. The summed E-state index contributed by atoms with van der Waals surface area (Å²) in [4.78, 5) is 10.2. The van der Waals surface area contributed by atoms with Gasteiger partial charge in [-0.1, -0.05) is 0 Å². The summed E-state index contributed by atoms with van der Waals surface area (Å²) in [6, 6.07) is -0.268. The van der Waals surface area contributed by atoms with Crippen molar-refractivity contribution in [1.82, 2.24) is 0 Å². The van der Waals surface area contributed by atoms with Gasteiger partial charge >= 0.3 is 0 Å². The van der Waals surface area contributed by atoms with Crippen molar-refractivity contribution in [2.45, 2.75) is 18.2 Å². The Hall–Kier alpha value is -0.220. The maximum atomic E-state index is 10.2. The van der Waals surface area contributed by atoms with E-state index in [1.54, 1.807) is 6.92 Å². The lowest BCUT2D eigenvalue weighted by Gasteiger charge is -2.08. The van der Waals surface area contributed by atoms with Gasteiger partial charge in [0.15, 0.2) is 0 Å². The first-order chi connectivity index (χ1) is 3.55. The van der Waals surface area contributed by atoms with Gasteiger partial charge < -0.3 is 11.5 Å². The van der Waals surface area contributed by atoms with Crippen LogP contribution in [0.15, 0.2) is 0 Å². The van der Waals surface area contributed by atoms with Crippen LogP contribution in [0, 0.1) is 0 Å². The van der Waals surface area contributed by atoms with Crippen LogP contribution in [-0.4, -0.2) is 17.2 Å². The van der Waals surface area contributed by atoms with Crippen molar-refractivity contribution in [3.8, 4) is 0 Å². The molecule has 48 valence electrons. The van der Waals surface area contributed by atoms with Crippen LogP contribution in [0.4, 0.5) is 0 Å². The molecule has 0 aromatic carbocycles. The van der Waals surface area contributed by atoms with Crippen LogP contribution >= 0.6 is 12.6 Å². The van der Waals surface area contributed by atoms with E-state index in [0.717, 1.165) is 0 Å². The number of carbonyl (C=O) groups is 1. The lowest BCUT2D eigenvalue weighted by Crippen LogP contribution is -2.38. The Morgan fingerprint density at radius 1 is 1.75 bits per heavy atom. The van der Waals surface area contributed by atoms with Gasteiger partial charge in [0.1, 0.15) is 0 Å². The van der Waals surface area contributed by atoms with Gasteiger partial charge in [0.2, 0.25) is 5.91 Å². The molecular weight excluding hydrogens is 124 g/mol. The highest BCUT2D eigenvalue weighted by Gasteiger charge is 2.13. The zero-order valence-corrected chi connectivity index (χ0v) is 5.56. The molecule has 0 heterocycles. The molecule has 0 bridgehead atoms. The van der Waals surface area contributed by atoms with Gasteiger partial charge in [-0.05, 0) is 6.92 Å². The van der Waals surface area contributed by atoms with E-state index in [2.05, 4.69) is 12.6 Å². The van der Waals surface area contributed by atoms with Crippen molar-refractivity contribution in [3.05, 3.63) is 0 Å². The molecule has 0 aromatic heterocycles. The van der Waals surface area contributed by atoms with E-state index >= 15 is 0 Å². The lowest BCUT2D eigenvalue weighted by atomic mass is 10.2. The molecule has 4 N–H and O–H groups in total. The number of primary amides is 1. The first-order valence-electron chi connectivity index (χ1n) is 2.28. The molecule has 4 heteroatoms. The number of thiol groups is 1. The number of nitrogens with two attached hydrogens (primary N) is 2. The second kappa shape index (κ2) is 2.94. The number of carbonyl (C=O) groups excluding carboxylic acids is 1. The van der Waals surface area contributed by atoms with Crippen LogP contribution in [0.2, 0.25) is 0 Å². The topological polar surface area (TPSA) is 69.1 Å². The standard InChI is InChI=1S/C4H10N2OS/c1-2(5)3(8)4(6)7/h2-3,8H,5H2,1H3,(H2,6,7)/t2-,3+/m1/s1. The lowest BCUT2D eigenvalue weighted by molar-refractivity contribution is -0.117. The fourth-order valence-electron chi connectivity index (χ4n) is 0.259. The summed E-state index contributed by atoms with van der Waals surface area (Å²) in [7, 11) is 0. The highest BCUT2D eigenvalue weighted by atomic mass is 32.1. The van der Waals surface area contributed by atoms with E-state index in [1.807, 2.05) is 0 Å². The fourth-order valence-corrected chi connectivity index (χ4v) is 0.259. The Morgan fingerprint density at radius 3 is 2.12 bits per heavy atom. The largest absolute Gasteiger partial charge is 0.369 e. The Kier molecular flexibility index (Phi) is 2.86. The molecule has 8 heavy (non-hydrogen) atoms. The number of hydrogen-bond donors (Lipinski definition) is 3. The summed E-state index contributed by atoms with van der Waals surface area (Å²) < 4.78 is 0. The molecule has 0 spiro atoms. The van der Waals surface area contributed by atoms with E-state index in [1.165, 1.54) is 0 Å². The van der Waals surface area contributed by atoms with E-state index in [-0.39, 0.29) is 6.04 Å². The third-order valence-corrected chi connectivity index (χ3v) is 1.51. The Morgan fingerprint density at radius 2 is 2.12 bits per heavy atom. The molecule has 0 fully saturated rings. The van der Waals surface area contributed by atoms with Crippen LogP contribution in [0.3, 0.4) is 0 Å². The fraction of sp³-hybridized carbons (Fsp3) is 0.750. The molecule has 0 aromatic rings. The predicted octanol–water partition coefficient (Wildman–Crippen LogP) is -0.883. The molecule has 1 amide bonds. The summed E-state index contributed by atoms with van der Waals surface area (Å²) in [6.45, 7) is 1.68. The van der Waals surface area contributed by atoms with Crippen molar-refractivity contribution in [2.24, 2.45) is 11.5 Å². The van der Waals surface area contributed by atoms with Crippen molar-refractivity contribution in [2.75, 3.05) is 0 Å². The van der Waals surface area contributed by atoms with E-state index in [0.29, 0.717) is 0 Å². The minimum Gasteiger partial charge on any atom is -0.369 e. The third kappa shape index (κ3) is 2.18.